The first-order chi connectivity index (χ1) is 16.4. The predicted molar refractivity (Wildman–Crippen MR) is 126 cm³/mol. The second-order valence-electron chi connectivity index (χ2n) is 7.71. The number of methoxy groups -OCH3 is 3. The van der Waals surface area contributed by atoms with E-state index in [1.807, 2.05) is 0 Å². The van der Waals surface area contributed by atoms with E-state index >= 15 is 0 Å². The molecule has 0 saturated heterocycles. The van der Waals surface area contributed by atoms with Crippen molar-refractivity contribution in [1.29, 1.82) is 0 Å². The number of benzene rings is 2. The van der Waals surface area contributed by atoms with Crippen LogP contribution in [0.1, 0.15) is 28.6 Å². The molecular weight excluding hydrogens is 462 g/mol. The number of aliphatic hydroxyl groups is 1. The van der Waals surface area contributed by atoms with Crippen molar-refractivity contribution in [2.75, 3.05) is 34.5 Å². The van der Waals surface area contributed by atoms with Crippen LogP contribution in [-0.4, -0.2) is 56.2 Å². The summed E-state index contributed by atoms with van der Waals surface area (Å²) >= 11 is 6.06. The topological polar surface area (TPSA) is 98.4 Å². The molecule has 9 heteroatoms. The molecule has 0 spiro atoms. The maximum Gasteiger partial charge on any atom is 0.290 e. The van der Waals surface area contributed by atoms with Gasteiger partial charge in [0.2, 0.25) is 5.78 Å². The molecular formula is C25H24ClNO7. The molecule has 2 heterocycles. The van der Waals surface area contributed by atoms with Gasteiger partial charge in [-0.15, -0.1) is 0 Å². The van der Waals surface area contributed by atoms with E-state index in [0.29, 0.717) is 46.1 Å². The largest absolute Gasteiger partial charge is 0.503 e. The smallest absolute Gasteiger partial charge is 0.290 e. The summed E-state index contributed by atoms with van der Waals surface area (Å²) in [6.45, 7) is 0.647. The van der Waals surface area contributed by atoms with Gasteiger partial charge >= 0.3 is 0 Å². The molecule has 1 unspecified atom stereocenters. The highest BCUT2D eigenvalue weighted by Crippen LogP contribution is 2.45. The van der Waals surface area contributed by atoms with E-state index in [1.165, 1.54) is 19.1 Å². The normalized spacial score (nSPS) is 15.9. The average molecular weight is 486 g/mol. The Bertz CT molecular complexity index is 1280. The molecule has 0 radical (unpaired) electrons. The van der Waals surface area contributed by atoms with Gasteiger partial charge in [0.15, 0.2) is 23.0 Å². The third kappa shape index (κ3) is 4.10. The van der Waals surface area contributed by atoms with Crippen LogP contribution in [0, 0.1) is 0 Å². The highest BCUT2D eigenvalue weighted by atomic mass is 35.5. The lowest BCUT2D eigenvalue weighted by Gasteiger charge is -2.28. The number of rotatable bonds is 9. The summed E-state index contributed by atoms with van der Waals surface area (Å²) in [6, 6.07) is 10.8. The van der Waals surface area contributed by atoms with Crippen molar-refractivity contribution in [1.82, 2.24) is 4.90 Å². The zero-order chi connectivity index (χ0) is 24.4. The predicted octanol–water partition coefficient (Wildman–Crippen LogP) is 4.72. The van der Waals surface area contributed by atoms with Crippen LogP contribution in [0.3, 0.4) is 0 Å². The fraction of sp³-hybridized carbons (Fsp3) is 0.280. The molecule has 1 aromatic heterocycles. The number of ketones is 1. The number of hydrogen-bond acceptors (Lipinski definition) is 7. The van der Waals surface area contributed by atoms with Gasteiger partial charge in [-0.05, 0) is 36.8 Å². The number of ether oxygens (including phenoxy) is 3. The maximum absolute atomic E-state index is 13.7. The number of para-hydroxylation sites is 1. The molecule has 1 aliphatic rings. The minimum atomic E-state index is -0.918. The highest BCUT2D eigenvalue weighted by Gasteiger charge is 2.45. The minimum Gasteiger partial charge on any atom is -0.503 e. The Morgan fingerprint density at radius 1 is 1.15 bits per heavy atom. The number of Topliss-reactive ketones (excluding diaryl/α,β-unsaturated/α-hetero) is 1. The number of amides is 1. The molecule has 4 rings (SSSR count). The van der Waals surface area contributed by atoms with E-state index in [4.69, 9.17) is 30.2 Å². The van der Waals surface area contributed by atoms with Crippen LogP contribution in [0.25, 0.3) is 11.0 Å². The number of halogens is 1. The van der Waals surface area contributed by atoms with Gasteiger partial charge in [0.1, 0.15) is 5.58 Å². The third-order valence-corrected chi connectivity index (χ3v) is 5.96. The van der Waals surface area contributed by atoms with Gasteiger partial charge in [-0.25, -0.2) is 0 Å². The summed E-state index contributed by atoms with van der Waals surface area (Å²) in [4.78, 5) is 28.2. The van der Waals surface area contributed by atoms with Gasteiger partial charge in [0, 0.05) is 36.2 Å². The first-order valence-electron chi connectivity index (χ1n) is 10.6. The number of hydrogen-bond donors (Lipinski definition) is 1. The van der Waals surface area contributed by atoms with Crippen molar-refractivity contribution in [3.05, 3.63) is 70.1 Å². The van der Waals surface area contributed by atoms with Crippen molar-refractivity contribution in [2.24, 2.45) is 0 Å². The summed E-state index contributed by atoms with van der Waals surface area (Å²) in [6.07, 6.45) is 0.503. The molecule has 8 nitrogen and oxygen atoms in total. The zero-order valence-electron chi connectivity index (χ0n) is 19.0. The molecule has 34 heavy (non-hydrogen) atoms. The summed E-state index contributed by atoms with van der Waals surface area (Å²) in [5.41, 5.74) is 0.864. The van der Waals surface area contributed by atoms with Crippen LogP contribution in [0.5, 0.6) is 11.5 Å². The summed E-state index contributed by atoms with van der Waals surface area (Å²) in [5.74, 6) is -1.12. The van der Waals surface area contributed by atoms with Crippen LogP contribution in [-0.2, 0) is 9.53 Å². The molecule has 0 fully saturated rings. The van der Waals surface area contributed by atoms with Crippen molar-refractivity contribution in [3.63, 3.8) is 0 Å². The lowest BCUT2D eigenvalue weighted by molar-refractivity contribution is -0.129. The van der Waals surface area contributed by atoms with Crippen LogP contribution in [0.4, 0.5) is 0 Å². The molecule has 1 aliphatic heterocycles. The Kier molecular flexibility index (Phi) is 6.81. The van der Waals surface area contributed by atoms with Crippen molar-refractivity contribution in [2.45, 2.75) is 12.5 Å². The van der Waals surface area contributed by atoms with Crippen LogP contribution < -0.4 is 9.47 Å². The van der Waals surface area contributed by atoms with Gasteiger partial charge in [-0.2, -0.15) is 0 Å². The Labute approximate surface area is 201 Å². The van der Waals surface area contributed by atoms with E-state index in [-0.39, 0.29) is 17.9 Å². The van der Waals surface area contributed by atoms with E-state index in [2.05, 4.69) is 0 Å². The van der Waals surface area contributed by atoms with Gasteiger partial charge in [0.25, 0.3) is 5.91 Å². The quantitative estimate of drug-likeness (QED) is 0.346. The van der Waals surface area contributed by atoms with Crippen LogP contribution in [0.15, 0.2) is 58.2 Å². The fourth-order valence-electron chi connectivity index (χ4n) is 4.20. The molecule has 0 bridgehead atoms. The standard InChI is InChI=1S/C25H24ClNO7/c1-31-11-5-10-27-21(16-6-4-7-18(32-2)24(16)33-3)20(23(29)25(27)30)22(28)19-13-14-12-15(26)8-9-17(14)34-19/h4,6-9,12-13,21,29H,5,10-11H2,1-3H3. The number of carbonyl (C=O) groups excluding carboxylic acids is 2. The summed E-state index contributed by atoms with van der Waals surface area (Å²) in [5, 5.41) is 12.0. The highest BCUT2D eigenvalue weighted by molar-refractivity contribution is 6.31. The lowest BCUT2D eigenvalue weighted by atomic mass is 9.94. The van der Waals surface area contributed by atoms with E-state index in [1.54, 1.807) is 49.6 Å². The molecule has 3 aromatic rings. The monoisotopic (exact) mass is 485 g/mol. The Morgan fingerprint density at radius 3 is 2.65 bits per heavy atom. The van der Waals surface area contributed by atoms with Crippen LogP contribution in [0.2, 0.25) is 5.02 Å². The van der Waals surface area contributed by atoms with Gasteiger partial charge in [-0.1, -0.05) is 23.7 Å². The van der Waals surface area contributed by atoms with Crippen molar-refractivity contribution >= 4 is 34.3 Å². The van der Waals surface area contributed by atoms with E-state index in [9.17, 15) is 14.7 Å². The molecule has 1 amide bonds. The Hall–Kier alpha value is -3.49. The number of fused-ring (bicyclic) bond motifs is 1. The molecule has 1 N–H and O–H groups in total. The average Bonchev–Trinajstić information content (AvgIpc) is 3.37. The molecule has 0 saturated carbocycles. The van der Waals surface area contributed by atoms with Crippen molar-refractivity contribution in [3.8, 4) is 11.5 Å². The molecule has 1 atom stereocenters. The second kappa shape index (κ2) is 9.79. The van der Waals surface area contributed by atoms with Crippen molar-refractivity contribution < 1.29 is 33.3 Å². The SMILES string of the molecule is COCCCN1C(=O)C(O)=C(C(=O)c2cc3cc(Cl)ccc3o2)C1c1cccc(OC)c1OC. The van der Waals surface area contributed by atoms with Crippen LogP contribution >= 0.6 is 11.6 Å². The first kappa shape index (κ1) is 23.7. The summed E-state index contributed by atoms with van der Waals surface area (Å²) < 4.78 is 21.9. The van der Waals surface area contributed by atoms with E-state index < -0.39 is 23.5 Å². The fourth-order valence-corrected chi connectivity index (χ4v) is 4.39. The first-order valence-corrected chi connectivity index (χ1v) is 11.0. The van der Waals surface area contributed by atoms with Gasteiger partial charge in [0.05, 0.1) is 25.8 Å². The molecule has 0 aliphatic carbocycles. The minimum absolute atomic E-state index is 0.0165. The second-order valence-corrected chi connectivity index (χ2v) is 8.15. The third-order valence-electron chi connectivity index (χ3n) is 5.73. The number of furan rings is 1. The van der Waals surface area contributed by atoms with Gasteiger partial charge < -0.3 is 28.6 Å². The number of nitrogens with zero attached hydrogens (tertiary/aromatic N) is 1. The lowest BCUT2D eigenvalue weighted by Crippen LogP contribution is -2.32. The molecule has 2 aromatic carbocycles. The Balaban J connectivity index is 1.84. The zero-order valence-corrected chi connectivity index (χ0v) is 19.7. The number of carbonyl (C=O) groups is 2. The number of aliphatic hydroxyl groups excluding tert-OH is 1. The Morgan fingerprint density at radius 2 is 1.94 bits per heavy atom. The maximum atomic E-state index is 13.7. The van der Waals surface area contributed by atoms with Gasteiger partial charge in [-0.3, -0.25) is 9.59 Å². The van der Waals surface area contributed by atoms with E-state index in [0.717, 1.165) is 0 Å². The molecule has 178 valence electrons. The summed E-state index contributed by atoms with van der Waals surface area (Å²) in [7, 11) is 4.53.